The molecule has 0 radical (unpaired) electrons. The number of para-hydroxylation sites is 1. The van der Waals surface area contributed by atoms with Gasteiger partial charge in [-0.05, 0) is 25.8 Å². The fourth-order valence-corrected chi connectivity index (χ4v) is 4.60. The number of ether oxygens (including phenoxy) is 2. The molecule has 1 aromatic carbocycles. The summed E-state index contributed by atoms with van der Waals surface area (Å²) in [6.07, 6.45) is 4.22. The summed E-state index contributed by atoms with van der Waals surface area (Å²) in [7, 11) is 0. The number of benzene rings is 1. The van der Waals surface area contributed by atoms with Crippen molar-refractivity contribution in [3.63, 3.8) is 0 Å². The lowest BCUT2D eigenvalue weighted by molar-refractivity contribution is 0.169. The van der Waals surface area contributed by atoms with Crippen LogP contribution in [-0.4, -0.2) is 34.4 Å². The molecule has 5 rings (SSSR count). The summed E-state index contributed by atoms with van der Waals surface area (Å²) >= 11 is 1.65. The summed E-state index contributed by atoms with van der Waals surface area (Å²) in [5.41, 5.74) is 2.20. The number of rotatable bonds is 2. The van der Waals surface area contributed by atoms with E-state index in [1.165, 1.54) is 5.56 Å². The van der Waals surface area contributed by atoms with Crippen LogP contribution in [0.3, 0.4) is 0 Å². The topological polar surface area (TPSA) is 51.9 Å². The molecule has 0 bridgehead atoms. The van der Waals surface area contributed by atoms with Crippen LogP contribution in [0, 0.1) is 6.92 Å². The number of hydrogen-bond acceptors (Lipinski definition) is 6. The molecule has 2 aromatic heterocycles. The first kappa shape index (κ1) is 14.1. The summed E-state index contributed by atoms with van der Waals surface area (Å²) in [6, 6.07) is 6.47. The molecule has 6 nitrogen and oxygen atoms in total. The third-order valence-electron chi connectivity index (χ3n) is 4.61. The van der Waals surface area contributed by atoms with Crippen LogP contribution in [0.1, 0.15) is 30.1 Å². The molecule has 0 spiro atoms. The van der Waals surface area contributed by atoms with Gasteiger partial charge in [-0.3, -0.25) is 0 Å². The van der Waals surface area contributed by atoms with Crippen LogP contribution in [0.15, 0.2) is 24.4 Å². The predicted octanol–water partition coefficient (Wildman–Crippen LogP) is 3.21. The summed E-state index contributed by atoms with van der Waals surface area (Å²) in [6.45, 7) is 4.23. The molecule has 1 saturated heterocycles. The Morgan fingerprint density at radius 3 is 3.08 bits per heavy atom. The molecule has 0 saturated carbocycles. The Morgan fingerprint density at radius 1 is 1.25 bits per heavy atom. The van der Waals surface area contributed by atoms with Gasteiger partial charge in [0.25, 0.3) is 0 Å². The van der Waals surface area contributed by atoms with E-state index in [-0.39, 0.29) is 6.04 Å². The third-order valence-corrected chi connectivity index (χ3v) is 5.57. The van der Waals surface area contributed by atoms with Crippen molar-refractivity contribution in [2.75, 3.05) is 24.7 Å². The number of aromatic nitrogens is 3. The molecule has 1 fully saturated rings. The van der Waals surface area contributed by atoms with Crippen molar-refractivity contribution >= 4 is 21.4 Å². The number of aryl methyl sites for hydroxylation is 1. The maximum absolute atomic E-state index is 5.92. The van der Waals surface area contributed by atoms with E-state index in [9.17, 15) is 0 Å². The molecule has 1 atom stereocenters. The lowest BCUT2D eigenvalue weighted by atomic mass is 10.0. The van der Waals surface area contributed by atoms with Gasteiger partial charge in [0.15, 0.2) is 11.5 Å². The zero-order valence-corrected chi connectivity index (χ0v) is 14.3. The van der Waals surface area contributed by atoms with E-state index < -0.39 is 0 Å². The van der Waals surface area contributed by atoms with Gasteiger partial charge in [-0.2, -0.15) is 0 Å². The van der Waals surface area contributed by atoms with Gasteiger partial charge in [-0.15, -0.1) is 5.10 Å². The van der Waals surface area contributed by atoms with E-state index in [0.717, 1.165) is 46.7 Å². The van der Waals surface area contributed by atoms with Gasteiger partial charge in [-0.25, -0.2) is 9.50 Å². The van der Waals surface area contributed by atoms with Gasteiger partial charge in [0, 0.05) is 12.1 Å². The fraction of sp³-hybridized carbons (Fsp3) is 0.412. The van der Waals surface area contributed by atoms with Crippen LogP contribution < -0.4 is 14.4 Å². The predicted molar refractivity (Wildman–Crippen MR) is 92.4 cm³/mol. The van der Waals surface area contributed by atoms with E-state index in [1.54, 1.807) is 11.3 Å². The second kappa shape index (κ2) is 5.37. The monoisotopic (exact) mass is 342 g/mol. The van der Waals surface area contributed by atoms with E-state index >= 15 is 0 Å². The highest BCUT2D eigenvalue weighted by Crippen LogP contribution is 2.45. The molecule has 0 unspecified atom stereocenters. The van der Waals surface area contributed by atoms with E-state index in [1.807, 2.05) is 23.7 Å². The molecule has 0 amide bonds. The van der Waals surface area contributed by atoms with Gasteiger partial charge in [-0.1, -0.05) is 23.5 Å². The molecule has 24 heavy (non-hydrogen) atoms. The second-order valence-corrected chi connectivity index (χ2v) is 7.15. The zero-order chi connectivity index (χ0) is 16.1. The molecule has 7 heteroatoms. The average Bonchev–Trinajstić information content (AvgIpc) is 3.28. The number of fused-ring (bicyclic) bond motifs is 2. The number of nitrogens with zero attached hydrogens (tertiary/aromatic N) is 4. The van der Waals surface area contributed by atoms with Crippen molar-refractivity contribution in [2.24, 2.45) is 0 Å². The minimum Gasteiger partial charge on any atom is -0.486 e. The maximum Gasteiger partial charge on any atom is 0.214 e. The zero-order valence-electron chi connectivity index (χ0n) is 13.4. The Bertz CT molecular complexity index is 872. The molecule has 0 N–H and O–H groups in total. The molecule has 0 aliphatic carbocycles. The second-order valence-electron chi connectivity index (χ2n) is 6.22. The van der Waals surface area contributed by atoms with Crippen LogP contribution in [0.2, 0.25) is 0 Å². The van der Waals surface area contributed by atoms with Crippen molar-refractivity contribution in [2.45, 2.75) is 25.8 Å². The van der Waals surface area contributed by atoms with E-state index in [2.05, 4.69) is 22.0 Å². The Hall–Kier alpha value is -2.28. The molecular formula is C17H18N4O2S. The molecule has 2 aliphatic rings. The lowest BCUT2D eigenvalue weighted by Crippen LogP contribution is -2.24. The summed E-state index contributed by atoms with van der Waals surface area (Å²) in [5.74, 6) is 1.76. The van der Waals surface area contributed by atoms with Gasteiger partial charge in [0.05, 0.1) is 17.9 Å². The van der Waals surface area contributed by atoms with Crippen LogP contribution in [0.4, 0.5) is 5.13 Å². The largest absolute Gasteiger partial charge is 0.486 e. The van der Waals surface area contributed by atoms with Gasteiger partial charge in [0.2, 0.25) is 10.1 Å². The SMILES string of the molecule is Cc1cn2nc(N3CCC[C@H]3c3cccc4c3OCCO4)sc2n1. The Balaban J connectivity index is 1.54. The molecule has 124 valence electrons. The Morgan fingerprint density at radius 2 is 2.17 bits per heavy atom. The van der Waals surface area contributed by atoms with Gasteiger partial charge >= 0.3 is 0 Å². The van der Waals surface area contributed by atoms with Crippen molar-refractivity contribution in [1.29, 1.82) is 0 Å². The summed E-state index contributed by atoms with van der Waals surface area (Å²) < 4.78 is 13.5. The molecular weight excluding hydrogens is 324 g/mol. The highest BCUT2D eigenvalue weighted by atomic mass is 32.1. The van der Waals surface area contributed by atoms with E-state index in [4.69, 9.17) is 14.6 Å². The van der Waals surface area contributed by atoms with Gasteiger partial charge in [0.1, 0.15) is 13.2 Å². The van der Waals surface area contributed by atoms with Crippen molar-refractivity contribution in [3.05, 3.63) is 35.7 Å². The van der Waals surface area contributed by atoms with Crippen LogP contribution in [0.5, 0.6) is 11.5 Å². The van der Waals surface area contributed by atoms with Crippen molar-refractivity contribution in [3.8, 4) is 11.5 Å². The van der Waals surface area contributed by atoms with Crippen molar-refractivity contribution < 1.29 is 9.47 Å². The van der Waals surface area contributed by atoms with E-state index in [0.29, 0.717) is 13.2 Å². The van der Waals surface area contributed by atoms with Gasteiger partial charge < -0.3 is 14.4 Å². The summed E-state index contributed by atoms with van der Waals surface area (Å²) in [5, 5.41) is 5.75. The molecule has 2 aliphatic heterocycles. The quantitative estimate of drug-likeness (QED) is 0.716. The number of hydrogen-bond donors (Lipinski definition) is 0. The number of imidazole rings is 1. The Labute approximate surface area is 143 Å². The van der Waals surface area contributed by atoms with Crippen LogP contribution in [0.25, 0.3) is 4.96 Å². The minimum absolute atomic E-state index is 0.276. The Kier molecular flexibility index (Phi) is 3.16. The lowest BCUT2D eigenvalue weighted by Gasteiger charge is -2.28. The highest BCUT2D eigenvalue weighted by molar-refractivity contribution is 7.20. The first-order valence-electron chi connectivity index (χ1n) is 8.27. The third kappa shape index (κ3) is 2.15. The minimum atomic E-state index is 0.276. The first-order chi connectivity index (χ1) is 11.8. The smallest absolute Gasteiger partial charge is 0.214 e. The molecule has 3 aromatic rings. The average molecular weight is 342 g/mol. The standard InChI is InChI=1S/C17H18N4O2S/c1-11-10-21-16(18-11)24-17(19-21)20-7-3-5-13(20)12-4-2-6-14-15(12)23-9-8-22-14/h2,4,6,10,13H,3,5,7-9H2,1H3/t13-/m0/s1. The van der Waals surface area contributed by atoms with Crippen LogP contribution >= 0.6 is 11.3 Å². The van der Waals surface area contributed by atoms with Crippen LogP contribution in [-0.2, 0) is 0 Å². The first-order valence-corrected chi connectivity index (χ1v) is 9.09. The number of anilines is 1. The normalized spacial score (nSPS) is 20.0. The fourth-order valence-electron chi connectivity index (χ4n) is 3.59. The summed E-state index contributed by atoms with van der Waals surface area (Å²) in [4.78, 5) is 7.85. The van der Waals surface area contributed by atoms with Crippen molar-refractivity contribution in [1.82, 2.24) is 14.6 Å². The maximum atomic E-state index is 5.92. The highest BCUT2D eigenvalue weighted by Gasteiger charge is 2.32. The molecule has 4 heterocycles.